The Labute approximate surface area is 102 Å². The highest BCUT2D eigenvalue weighted by Gasteiger charge is 2.22. The Morgan fingerprint density at radius 2 is 1.88 bits per heavy atom. The lowest BCUT2D eigenvalue weighted by Crippen LogP contribution is -2.48. The van der Waals surface area contributed by atoms with E-state index in [1.54, 1.807) is 4.90 Å². The number of carbonyl (C=O) groups is 1. The molecular weight excluding hydrogens is 226 g/mol. The lowest BCUT2D eigenvalue weighted by Gasteiger charge is -2.30. The van der Waals surface area contributed by atoms with Gasteiger partial charge in [0.05, 0.1) is 0 Å². The molecule has 1 aliphatic rings. The summed E-state index contributed by atoms with van der Waals surface area (Å²) in [5.41, 5.74) is -0.387. The summed E-state index contributed by atoms with van der Waals surface area (Å²) in [6.45, 7) is 8.86. The fourth-order valence-electron chi connectivity index (χ4n) is 1.17. The molecule has 1 saturated heterocycles. The van der Waals surface area contributed by atoms with E-state index in [9.17, 15) is 4.79 Å². The molecule has 1 heterocycles. The minimum Gasteiger partial charge on any atom is -0.444 e. The smallest absolute Gasteiger partial charge is 0.410 e. The third-order valence-corrected chi connectivity index (χ3v) is 1.77. The van der Waals surface area contributed by atoms with Crippen molar-refractivity contribution in [3.8, 4) is 5.40 Å². The summed E-state index contributed by atoms with van der Waals surface area (Å²) in [4.78, 5) is 13.2. The predicted octanol–water partition coefficient (Wildman–Crippen LogP) is 1.22. The van der Waals surface area contributed by atoms with Crippen LogP contribution in [0.4, 0.5) is 4.79 Å². The van der Waals surface area contributed by atoms with Gasteiger partial charge in [-0.15, -0.1) is 0 Å². The molecule has 1 rings (SSSR count). The van der Waals surface area contributed by atoms with Crippen LogP contribution in [-0.4, -0.2) is 42.8 Å². The number of piperazine rings is 1. The summed E-state index contributed by atoms with van der Waals surface area (Å²) in [6, 6.07) is 0. The van der Waals surface area contributed by atoms with Crippen molar-refractivity contribution in [1.29, 1.82) is 5.26 Å². The molecule has 0 spiro atoms. The molecule has 0 radical (unpaired) electrons. The van der Waals surface area contributed by atoms with Crippen molar-refractivity contribution in [2.24, 2.45) is 0 Å². The number of hydrogen-bond acceptors (Lipinski definition) is 5. The van der Waals surface area contributed by atoms with Crippen LogP contribution >= 0.6 is 12.6 Å². The second-order valence-electron chi connectivity index (χ2n) is 4.32. The van der Waals surface area contributed by atoms with Gasteiger partial charge < -0.3 is 15.0 Å². The second-order valence-corrected chi connectivity index (χ2v) is 4.52. The first kappa shape index (κ1) is 15.1. The second kappa shape index (κ2) is 7.36. The molecule has 1 fully saturated rings. The van der Waals surface area contributed by atoms with E-state index in [0.717, 1.165) is 26.2 Å². The van der Waals surface area contributed by atoms with Crippen LogP contribution in [0.1, 0.15) is 20.8 Å². The minimum absolute atomic E-state index is 0.200. The van der Waals surface area contributed by atoms with Gasteiger partial charge in [0.1, 0.15) is 11.0 Å². The summed E-state index contributed by atoms with van der Waals surface area (Å²) in [6.07, 6.45) is -0.200. The van der Waals surface area contributed by atoms with Gasteiger partial charge in [0.15, 0.2) is 0 Å². The number of nitrogens with one attached hydrogen (secondary N) is 1. The first-order valence-electron chi connectivity index (χ1n) is 5.12. The Morgan fingerprint density at radius 1 is 1.44 bits per heavy atom. The van der Waals surface area contributed by atoms with E-state index in [1.807, 2.05) is 20.8 Å². The zero-order valence-corrected chi connectivity index (χ0v) is 10.9. The summed E-state index contributed by atoms with van der Waals surface area (Å²) in [5, 5.41) is 11.8. The van der Waals surface area contributed by atoms with Gasteiger partial charge in [-0.1, -0.05) is 12.6 Å². The molecule has 92 valence electrons. The Bertz CT molecular complexity index is 252. The van der Waals surface area contributed by atoms with Crippen LogP contribution < -0.4 is 5.32 Å². The molecule has 1 amide bonds. The van der Waals surface area contributed by atoms with Crippen LogP contribution in [0.15, 0.2) is 0 Å². The van der Waals surface area contributed by atoms with E-state index in [4.69, 9.17) is 10.00 Å². The van der Waals surface area contributed by atoms with E-state index in [-0.39, 0.29) is 11.7 Å². The van der Waals surface area contributed by atoms with E-state index in [1.165, 1.54) is 5.40 Å². The zero-order valence-electron chi connectivity index (χ0n) is 9.99. The summed E-state index contributed by atoms with van der Waals surface area (Å²) < 4.78 is 5.24. The number of ether oxygens (including phenoxy) is 1. The maximum atomic E-state index is 11.5. The molecule has 0 aromatic carbocycles. The molecule has 16 heavy (non-hydrogen) atoms. The number of hydrogen-bond donors (Lipinski definition) is 2. The normalized spacial score (nSPS) is 15.6. The van der Waals surface area contributed by atoms with Crippen molar-refractivity contribution in [1.82, 2.24) is 10.2 Å². The van der Waals surface area contributed by atoms with Crippen molar-refractivity contribution < 1.29 is 9.53 Å². The Hall–Kier alpha value is -0.930. The fourth-order valence-corrected chi connectivity index (χ4v) is 1.17. The average molecular weight is 245 g/mol. The standard InChI is InChI=1S/C9H18N2O2.CHNS/c1-9(2,3)13-8(12)11-6-4-10-5-7-11;2-1-3/h10H,4-7H2,1-3H3;3H. The molecule has 0 bridgehead atoms. The number of nitrogens with zero attached hydrogens (tertiary/aromatic N) is 2. The van der Waals surface area contributed by atoms with Gasteiger partial charge >= 0.3 is 6.09 Å². The number of thiol groups is 1. The van der Waals surface area contributed by atoms with Crippen molar-refractivity contribution in [3.63, 3.8) is 0 Å². The lowest BCUT2D eigenvalue weighted by atomic mass is 10.2. The molecule has 0 aliphatic carbocycles. The van der Waals surface area contributed by atoms with Gasteiger partial charge in [-0.25, -0.2) is 4.79 Å². The predicted molar refractivity (Wildman–Crippen MR) is 65.3 cm³/mol. The first-order valence-corrected chi connectivity index (χ1v) is 5.57. The number of amides is 1. The van der Waals surface area contributed by atoms with E-state index >= 15 is 0 Å². The van der Waals surface area contributed by atoms with Crippen molar-refractivity contribution >= 4 is 18.7 Å². The van der Waals surface area contributed by atoms with Gasteiger partial charge in [0.2, 0.25) is 0 Å². The average Bonchev–Trinajstić information content (AvgIpc) is 2.18. The third-order valence-electron chi connectivity index (χ3n) is 1.77. The number of rotatable bonds is 0. The maximum Gasteiger partial charge on any atom is 0.410 e. The van der Waals surface area contributed by atoms with Crippen LogP contribution in [-0.2, 0) is 4.74 Å². The zero-order chi connectivity index (χ0) is 12.6. The van der Waals surface area contributed by atoms with Crippen LogP contribution in [0.2, 0.25) is 0 Å². The lowest BCUT2D eigenvalue weighted by molar-refractivity contribution is 0.0229. The topological polar surface area (TPSA) is 65.4 Å². The molecule has 0 aromatic rings. The van der Waals surface area contributed by atoms with Crippen molar-refractivity contribution in [2.45, 2.75) is 26.4 Å². The highest BCUT2D eigenvalue weighted by molar-refractivity contribution is 7.85. The summed E-state index contributed by atoms with van der Waals surface area (Å²) >= 11 is 3.09. The quantitative estimate of drug-likeness (QED) is 0.497. The highest BCUT2D eigenvalue weighted by Crippen LogP contribution is 2.09. The highest BCUT2D eigenvalue weighted by atomic mass is 32.1. The van der Waals surface area contributed by atoms with Gasteiger partial charge in [-0.05, 0) is 20.8 Å². The summed E-state index contributed by atoms with van der Waals surface area (Å²) in [5.74, 6) is 0. The molecule has 1 aliphatic heterocycles. The fraction of sp³-hybridized carbons (Fsp3) is 0.800. The number of carbonyl (C=O) groups excluding carboxylic acids is 1. The van der Waals surface area contributed by atoms with E-state index in [0.29, 0.717) is 0 Å². The van der Waals surface area contributed by atoms with Crippen LogP contribution in [0.5, 0.6) is 0 Å². The van der Waals surface area contributed by atoms with Crippen molar-refractivity contribution in [2.75, 3.05) is 26.2 Å². The molecule has 0 saturated carbocycles. The summed E-state index contributed by atoms with van der Waals surface area (Å²) in [7, 11) is 0. The Morgan fingerprint density at radius 3 is 2.25 bits per heavy atom. The van der Waals surface area contributed by atoms with Gasteiger partial charge in [0, 0.05) is 26.2 Å². The number of thiocyanates is 1. The maximum absolute atomic E-state index is 11.5. The molecule has 5 nitrogen and oxygen atoms in total. The Kier molecular flexibility index (Phi) is 6.93. The van der Waals surface area contributed by atoms with E-state index in [2.05, 4.69) is 17.9 Å². The van der Waals surface area contributed by atoms with Crippen LogP contribution in [0, 0.1) is 10.7 Å². The molecule has 0 atom stereocenters. The largest absolute Gasteiger partial charge is 0.444 e. The molecule has 0 unspecified atom stereocenters. The van der Waals surface area contributed by atoms with Crippen LogP contribution in [0.3, 0.4) is 0 Å². The van der Waals surface area contributed by atoms with E-state index < -0.39 is 0 Å². The number of nitriles is 1. The SMILES string of the molecule is CC(C)(C)OC(=O)N1CCNCC1.N#CS. The van der Waals surface area contributed by atoms with Gasteiger partial charge in [-0.2, -0.15) is 5.26 Å². The van der Waals surface area contributed by atoms with Crippen molar-refractivity contribution in [3.05, 3.63) is 0 Å². The molecule has 6 heteroatoms. The third kappa shape index (κ3) is 7.37. The Balaban J connectivity index is 0.000000673. The minimum atomic E-state index is -0.387. The van der Waals surface area contributed by atoms with Crippen LogP contribution in [0.25, 0.3) is 0 Å². The van der Waals surface area contributed by atoms with Gasteiger partial charge in [0.25, 0.3) is 0 Å². The first-order chi connectivity index (χ1) is 7.40. The van der Waals surface area contributed by atoms with Gasteiger partial charge in [-0.3, -0.25) is 0 Å². The molecule has 0 aromatic heterocycles. The monoisotopic (exact) mass is 245 g/mol. The molecular formula is C10H19N3O2S. The molecule has 1 N–H and O–H groups in total.